The number of aryl methyl sites for hydroxylation is 2. The van der Waals surface area contributed by atoms with Crippen molar-refractivity contribution in [2.45, 2.75) is 160 Å². The van der Waals surface area contributed by atoms with Gasteiger partial charge in [0.25, 0.3) is 6.01 Å². The molecule has 15 heteroatoms. The fraction of sp³-hybridized carbons (Fsp3) is 0.644. The van der Waals surface area contributed by atoms with Crippen LogP contribution in [-0.4, -0.2) is 80.5 Å². The Balaban J connectivity index is 1.12. The second-order valence-electron chi connectivity index (χ2n) is 19.3. The number of Topliss-reactive ketones (excluding diaryl/α,β-unsaturated/α-hetero) is 1. The smallest absolute Gasteiger partial charge is 0.307 e. The van der Waals surface area contributed by atoms with Gasteiger partial charge < -0.3 is 14.4 Å². The molecule has 5 atom stereocenters. The Morgan fingerprint density at radius 2 is 1.85 bits per heavy atom. The number of carbonyl (C=O) groups excluding carboxylic acids is 4. The number of imidazole rings is 1. The van der Waals surface area contributed by atoms with Crippen LogP contribution in [0.2, 0.25) is 0 Å². The molecule has 3 fully saturated rings. The standard InChI is InChI=1S/C45H59N5O8S2/c1-27(2)50-33-18-12-16-31(39-46-32-17-13-19-36(32)59-39)38(33)47-42(50)57-30-23-34-35(51)25-45(41(54)48-60(55,56)44(6)20-21-44)24-29(45)15-11-9-7-8-10-14-28(40(53)49(34)26-30)22-37(52)58-43(3,4)5/h11-12,15-16,18,27-30,34H,7-10,13-14,17,19-26H2,1-6H3,(H,48,54)/b15-11-/t28-,29+,30-,34+,45-/m1/s1. The molecule has 324 valence electrons. The van der Waals surface area contributed by atoms with E-state index in [9.17, 15) is 27.6 Å². The molecule has 5 aliphatic rings. The second kappa shape index (κ2) is 16.0. The van der Waals surface area contributed by atoms with Gasteiger partial charge in [0.15, 0.2) is 5.78 Å². The summed E-state index contributed by atoms with van der Waals surface area (Å²) in [5, 5.41) is 0.925. The van der Waals surface area contributed by atoms with E-state index in [0.717, 1.165) is 65.8 Å². The first-order valence-corrected chi connectivity index (χ1v) is 24.1. The number of aromatic nitrogens is 3. The lowest BCUT2D eigenvalue weighted by molar-refractivity contribution is -0.159. The lowest BCUT2D eigenvalue weighted by atomic mass is 9.90. The van der Waals surface area contributed by atoms with Gasteiger partial charge in [-0.3, -0.25) is 28.5 Å². The number of sulfonamides is 1. The summed E-state index contributed by atoms with van der Waals surface area (Å²) in [6, 6.07) is 5.42. The molecule has 1 saturated heterocycles. The topological polar surface area (TPSA) is 167 Å². The van der Waals surface area contributed by atoms with Crippen molar-refractivity contribution in [2.24, 2.45) is 17.3 Å². The summed E-state index contributed by atoms with van der Waals surface area (Å²) in [5.41, 5.74) is 1.75. The van der Waals surface area contributed by atoms with Crippen molar-refractivity contribution in [1.29, 1.82) is 0 Å². The fourth-order valence-electron chi connectivity index (χ4n) is 9.31. The lowest BCUT2D eigenvalue weighted by Gasteiger charge is -2.29. The first-order chi connectivity index (χ1) is 28.4. The van der Waals surface area contributed by atoms with Crippen molar-refractivity contribution >= 4 is 56.0 Å². The number of hydrogen-bond acceptors (Lipinski definition) is 11. The molecule has 3 aliphatic carbocycles. The minimum Gasteiger partial charge on any atom is -0.460 e. The molecular formula is C45H59N5O8S2. The van der Waals surface area contributed by atoms with E-state index < -0.39 is 55.7 Å². The highest BCUT2D eigenvalue weighted by Gasteiger charge is 2.62. The normalized spacial score (nSPS) is 27.4. The number of fused-ring (bicyclic) bond motifs is 4. The number of benzene rings is 1. The van der Waals surface area contributed by atoms with Crippen LogP contribution in [-0.2, 0) is 46.8 Å². The van der Waals surface area contributed by atoms with E-state index in [1.807, 2.05) is 34.9 Å². The molecular weight excluding hydrogens is 803 g/mol. The maximum absolute atomic E-state index is 14.8. The monoisotopic (exact) mass is 861 g/mol. The van der Waals surface area contributed by atoms with Crippen LogP contribution >= 0.6 is 11.3 Å². The van der Waals surface area contributed by atoms with Crippen molar-refractivity contribution < 1.29 is 37.1 Å². The minimum atomic E-state index is -3.95. The quantitative estimate of drug-likeness (QED) is 0.169. The van der Waals surface area contributed by atoms with Gasteiger partial charge in [0.1, 0.15) is 22.2 Å². The molecule has 0 radical (unpaired) electrons. The molecule has 2 aromatic heterocycles. The molecule has 2 saturated carbocycles. The van der Waals surface area contributed by atoms with E-state index in [2.05, 4.69) is 18.6 Å². The predicted molar refractivity (Wildman–Crippen MR) is 229 cm³/mol. The van der Waals surface area contributed by atoms with Crippen LogP contribution in [0.1, 0.15) is 135 Å². The molecule has 2 amide bonds. The molecule has 0 unspecified atom stereocenters. The predicted octanol–water partition coefficient (Wildman–Crippen LogP) is 7.41. The van der Waals surface area contributed by atoms with E-state index in [1.165, 1.54) is 4.88 Å². The van der Waals surface area contributed by atoms with Crippen LogP contribution in [0.4, 0.5) is 0 Å². The molecule has 2 aliphatic heterocycles. The summed E-state index contributed by atoms with van der Waals surface area (Å²) < 4.78 is 42.4. The largest absolute Gasteiger partial charge is 0.460 e. The van der Waals surface area contributed by atoms with Crippen molar-refractivity contribution in [3.63, 3.8) is 0 Å². The molecule has 13 nitrogen and oxygen atoms in total. The Bertz CT molecular complexity index is 2320. The first-order valence-electron chi connectivity index (χ1n) is 21.8. The number of amides is 2. The molecule has 8 rings (SSSR count). The molecule has 0 spiro atoms. The van der Waals surface area contributed by atoms with E-state index in [4.69, 9.17) is 19.4 Å². The second-order valence-corrected chi connectivity index (χ2v) is 22.6. The van der Waals surface area contributed by atoms with Gasteiger partial charge in [-0.2, -0.15) is 4.98 Å². The number of rotatable bonds is 9. The Morgan fingerprint density at radius 3 is 2.57 bits per heavy atom. The third-order valence-electron chi connectivity index (χ3n) is 13.1. The van der Waals surface area contributed by atoms with Crippen LogP contribution < -0.4 is 9.46 Å². The first kappa shape index (κ1) is 42.6. The van der Waals surface area contributed by atoms with Gasteiger partial charge in [-0.25, -0.2) is 13.4 Å². The van der Waals surface area contributed by atoms with Crippen LogP contribution in [0.15, 0.2) is 30.4 Å². The average molecular weight is 862 g/mol. The van der Waals surface area contributed by atoms with Gasteiger partial charge in [-0.05, 0) is 117 Å². The number of ether oxygens (including phenoxy) is 2. The number of thiazole rings is 1. The van der Waals surface area contributed by atoms with Gasteiger partial charge in [0, 0.05) is 35.2 Å². The zero-order valence-electron chi connectivity index (χ0n) is 35.8. The van der Waals surface area contributed by atoms with Crippen molar-refractivity contribution in [3.05, 3.63) is 40.9 Å². The zero-order chi connectivity index (χ0) is 42.8. The third-order valence-corrected chi connectivity index (χ3v) is 16.5. The van der Waals surface area contributed by atoms with E-state index in [0.29, 0.717) is 38.1 Å². The molecule has 4 heterocycles. The summed E-state index contributed by atoms with van der Waals surface area (Å²) >= 11 is 1.71. The van der Waals surface area contributed by atoms with Crippen LogP contribution in [0.5, 0.6) is 6.01 Å². The number of nitrogens with zero attached hydrogens (tertiary/aromatic N) is 4. The van der Waals surface area contributed by atoms with Crippen LogP contribution in [0.25, 0.3) is 21.6 Å². The maximum Gasteiger partial charge on any atom is 0.307 e. The number of carbonyl (C=O) groups is 4. The number of nitrogens with one attached hydrogen (secondary N) is 1. The van der Waals surface area contributed by atoms with Gasteiger partial charge in [0.05, 0.1) is 40.4 Å². The van der Waals surface area contributed by atoms with Gasteiger partial charge in [-0.15, -0.1) is 11.3 Å². The Kier molecular flexibility index (Phi) is 11.3. The van der Waals surface area contributed by atoms with Gasteiger partial charge in [-0.1, -0.05) is 31.1 Å². The van der Waals surface area contributed by atoms with Crippen molar-refractivity contribution in [2.75, 3.05) is 6.54 Å². The Labute approximate surface area is 357 Å². The number of allylic oxidation sites excluding steroid dienone is 2. The minimum absolute atomic E-state index is 0.0395. The summed E-state index contributed by atoms with van der Waals surface area (Å²) in [4.78, 5) is 69.8. The number of hydrogen-bond donors (Lipinski definition) is 1. The lowest BCUT2D eigenvalue weighted by Crippen LogP contribution is -2.47. The highest BCUT2D eigenvalue weighted by molar-refractivity contribution is 7.91. The zero-order valence-corrected chi connectivity index (χ0v) is 37.4. The Hall–Kier alpha value is -4.11. The summed E-state index contributed by atoms with van der Waals surface area (Å²) in [6.45, 7) is 11.2. The highest BCUT2D eigenvalue weighted by atomic mass is 32.2. The van der Waals surface area contributed by atoms with E-state index >= 15 is 0 Å². The third kappa shape index (κ3) is 8.41. The molecule has 60 heavy (non-hydrogen) atoms. The highest BCUT2D eigenvalue weighted by Crippen LogP contribution is 2.58. The summed E-state index contributed by atoms with van der Waals surface area (Å²) in [7, 11) is -3.95. The Morgan fingerprint density at radius 1 is 1.07 bits per heavy atom. The van der Waals surface area contributed by atoms with Gasteiger partial charge in [0.2, 0.25) is 21.8 Å². The molecule has 1 N–H and O–H groups in total. The molecule has 0 bridgehead atoms. The van der Waals surface area contributed by atoms with Crippen molar-refractivity contribution in [3.8, 4) is 16.6 Å². The SMILES string of the molecule is CC(C)n1c(O[C@@H]2C[C@H]3C(=O)C[C@]4(C(=O)NS(=O)(=O)C5(C)CC5)C[C@@H]4/C=C\CCCCC[C@H](CC(=O)OC(C)(C)C)C(=O)N3C2)nc2c(-c3nc4c(s3)CCC4)cccc21. The number of ketones is 1. The van der Waals surface area contributed by atoms with Crippen LogP contribution in [0, 0.1) is 17.3 Å². The fourth-order valence-corrected chi connectivity index (χ4v) is 11.8. The number of esters is 1. The molecule has 3 aromatic rings. The van der Waals surface area contributed by atoms with Crippen molar-refractivity contribution in [1.82, 2.24) is 24.2 Å². The summed E-state index contributed by atoms with van der Waals surface area (Å²) in [5.74, 6) is -2.85. The van der Waals surface area contributed by atoms with E-state index in [-0.39, 0.29) is 49.5 Å². The summed E-state index contributed by atoms with van der Waals surface area (Å²) in [6.07, 6.45) is 11.1. The van der Waals surface area contributed by atoms with E-state index in [1.54, 1.807) is 43.9 Å². The van der Waals surface area contributed by atoms with Crippen LogP contribution in [0.3, 0.4) is 0 Å². The van der Waals surface area contributed by atoms with Gasteiger partial charge >= 0.3 is 5.97 Å². The maximum atomic E-state index is 14.8. The average Bonchev–Trinajstić information content (AvgIpc) is 3.72. The molecule has 1 aromatic carbocycles. The number of para-hydroxylation sites is 1.